The quantitative estimate of drug-likeness (QED) is 0.477. The largest absolute Gasteiger partial charge is 0.423 e. The van der Waals surface area contributed by atoms with Crippen molar-refractivity contribution >= 4 is 28.0 Å². The smallest absolute Gasteiger partial charge is 0.336 e. The second-order valence-electron chi connectivity index (χ2n) is 4.08. The Balaban J connectivity index is 2.01. The van der Waals surface area contributed by atoms with Crippen LogP contribution in [-0.4, -0.2) is 5.97 Å². The van der Waals surface area contributed by atoms with Gasteiger partial charge >= 0.3 is 5.97 Å². The van der Waals surface area contributed by atoms with Crippen LogP contribution in [0, 0.1) is 6.92 Å². The number of esters is 1. The standard InChI is InChI=1S/C16H13BrO2/c1-12-11-14(8-9-15(12)17)19-16(18)10-7-13-5-3-2-4-6-13/h2-11H,1H3/b10-7+. The van der Waals surface area contributed by atoms with Crippen LogP contribution in [0.1, 0.15) is 11.1 Å². The first-order valence-corrected chi connectivity index (χ1v) is 6.65. The maximum atomic E-state index is 11.7. The van der Waals surface area contributed by atoms with Crippen molar-refractivity contribution in [2.45, 2.75) is 6.92 Å². The third-order valence-electron chi connectivity index (χ3n) is 2.56. The fraction of sp³-hybridized carbons (Fsp3) is 0.0625. The van der Waals surface area contributed by atoms with Gasteiger partial charge in [-0.15, -0.1) is 0 Å². The van der Waals surface area contributed by atoms with Crippen LogP contribution < -0.4 is 4.74 Å². The zero-order valence-corrected chi connectivity index (χ0v) is 12.1. The molecule has 0 aliphatic rings. The topological polar surface area (TPSA) is 26.3 Å². The van der Waals surface area contributed by atoms with Gasteiger partial charge in [0.25, 0.3) is 0 Å². The summed E-state index contributed by atoms with van der Waals surface area (Å²) in [7, 11) is 0. The molecule has 0 spiro atoms. The van der Waals surface area contributed by atoms with Crippen molar-refractivity contribution in [1.82, 2.24) is 0 Å². The summed E-state index contributed by atoms with van der Waals surface area (Å²) in [6, 6.07) is 15.1. The van der Waals surface area contributed by atoms with Gasteiger partial charge in [-0.3, -0.25) is 0 Å². The molecule has 0 aromatic heterocycles. The van der Waals surface area contributed by atoms with Crippen LogP contribution in [0.2, 0.25) is 0 Å². The summed E-state index contributed by atoms with van der Waals surface area (Å²) in [5, 5.41) is 0. The highest BCUT2D eigenvalue weighted by atomic mass is 79.9. The molecule has 19 heavy (non-hydrogen) atoms. The molecular weight excluding hydrogens is 304 g/mol. The fourth-order valence-corrected chi connectivity index (χ4v) is 1.81. The van der Waals surface area contributed by atoms with Gasteiger partial charge in [0.2, 0.25) is 0 Å². The van der Waals surface area contributed by atoms with Crippen molar-refractivity contribution in [3.63, 3.8) is 0 Å². The average Bonchev–Trinajstić information content (AvgIpc) is 2.42. The Bertz CT molecular complexity index is 603. The van der Waals surface area contributed by atoms with Crippen molar-refractivity contribution in [1.29, 1.82) is 0 Å². The van der Waals surface area contributed by atoms with Crippen LogP contribution in [0.3, 0.4) is 0 Å². The van der Waals surface area contributed by atoms with E-state index in [9.17, 15) is 4.79 Å². The van der Waals surface area contributed by atoms with Crippen molar-refractivity contribution in [2.24, 2.45) is 0 Å². The summed E-state index contributed by atoms with van der Waals surface area (Å²) in [4.78, 5) is 11.7. The van der Waals surface area contributed by atoms with Crippen LogP contribution >= 0.6 is 15.9 Å². The summed E-state index contributed by atoms with van der Waals surface area (Å²) < 4.78 is 6.22. The first-order valence-electron chi connectivity index (χ1n) is 5.86. The monoisotopic (exact) mass is 316 g/mol. The second-order valence-corrected chi connectivity index (χ2v) is 4.93. The molecule has 0 saturated heterocycles. The SMILES string of the molecule is Cc1cc(OC(=O)/C=C/c2ccccc2)ccc1Br. The molecule has 0 aliphatic carbocycles. The minimum atomic E-state index is -0.384. The summed E-state index contributed by atoms with van der Waals surface area (Å²) in [5.74, 6) is 0.161. The van der Waals surface area contributed by atoms with Crippen LogP contribution in [0.5, 0.6) is 5.75 Å². The predicted octanol–water partition coefficient (Wildman–Crippen LogP) is 4.38. The fourth-order valence-electron chi connectivity index (χ4n) is 1.56. The highest BCUT2D eigenvalue weighted by Crippen LogP contribution is 2.21. The molecule has 0 atom stereocenters. The van der Waals surface area contributed by atoms with Gasteiger partial charge in [-0.25, -0.2) is 4.79 Å². The lowest BCUT2D eigenvalue weighted by Crippen LogP contribution is -2.03. The number of ether oxygens (including phenoxy) is 1. The van der Waals surface area contributed by atoms with Gasteiger partial charge in [-0.2, -0.15) is 0 Å². The van der Waals surface area contributed by atoms with E-state index in [0.29, 0.717) is 5.75 Å². The van der Waals surface area contributed by atoms with E-state index in [1.807, 2.05) is 49.4 Å². The Morgan fingerprint density at radius 1 is 1.16 bits per heavy atom. The number of hydrogen-bond acceptors (Lipinski definition) is 2. The van der Waals surface area contributed by atoms with Crippen LogP contribution in [0.15, 0.2) is 59.1 Å². The number of halogens is 1. The molecule has 3 heteroatoms. The number of benzene rings is 2. The molecule has 0 saturated carbocycles. The van der Waals surface area contributed by atoms with E-state index in [0.717, 1.165) is 15.6 Å². The maximum Gasteiger partial charge on any atom is 0.336 e. The van der Waals surface area contributed by atoms with E-state index in [1.165, 1.54) is 6.08 Å². The average molecular weight is 317 g/mol. The first-order chi connectivity index (χ1) is 9.15. The number of carbonyl (C=O) groups is 1. The zero-order valence-electron chi connectivity index (χ0n) is 10.5. The number of rotatable bonds is 3. The third kappa shape index (κ3) is 4.07. The third-order valence-corrected chi connectivity index (χ3v) is 3.45. The van der Waals surface area contributed by atoms with Crippen molar-refractivity contribution in [3.05, 3.63) is 70.2 Å². The van der Waals surface area contributed by atoms with E-state index < -0.39 is 0 Å². The van der Waals surface area contributed by atoms with Gasteiger partial charge in [-0.05, 0) is 42.3 Å². The molecule has 2 rings (SSSR count). The lowest BCUT2D eigenvalue weighted by molar-refractivity contribution is -0.128. The molecule has 0 bridgehead atoms. The van der Waals surface area contributed by atoms with E-state index in [1.54, 1.807) is 12.1 Å². The molecule has 0 unspecified atom stereocenters. The van der Waals surface area contributed by atoms with Gasteiger partial charge in [-0.1, -0.05) is 46.3 Å². The van der Waals surface area contributed by atoms with Crippen molar-refractivity contribution in [2.75, 3.05) is 0 Å². The Kier molecular flexibility index (Phi) is 4.53. The zero-order chi connectivity index (χ0) is 13.7. The predicted molar refractivity (Wildman–Crippen MR) is 80.0 cm³/mol. The summed E-state index contributed by atoms with van der Waals surface area (Å²) >= 11 is 3.40. The molecular formula is C16H13BrO2. The van der Waals surface area contributed by atoms with Gasteiger partial charge in [0.15, 0.2) is 0 Å². The van der Waals surface area contributed by atoms with Crippen molar-refractivity contribution in [3.8, 4) is 5.75 Å². The summed E-state index contributed by atoms with van der Waals surface area (Å²) in [5.41, 5.74) is 1.99. The normalized spacial score (nSPS) is 10.6. The van der Waals surface area contributed by atoms with E-state index in [2.05, 4.69) is 15.9 Å². The van der Waals surface area contributed by atoms with Crippen LogP contribution in [0.25, 0.3) is 6.08 Å². The highest BCUT2D eigenvalue weighted by Gasteiger charge is 2.02. The Morgan fingerprint density at radius 3 is 2.58 bits per heavy atom. The number of aryl methyl sites for hydroxylation is 1. The molecule has 0 radical (unpaired) electrons. The minimum Gasteiger partial charge on any atom is -0.423 e. The lowest BCUT2D eigenvalue weighted by atomic mass is 10.2. The Labute approximate surface area is 120 Å². The van der Waals surface area contributed by atoms with E-state index in [4.69, 9.17) is 4.74 Å². The second kappa shape index (κ2) is 6.34. The molecule has 0 amide bonds. The summed E-state index contributed by atoms with van der Waals surface area (Å²) in [6.07, 6.45) is 3.15. The van der Waals surface area contributed by atoms with Gasteiger partial charge < -0.3 is 4.74 Å². The molecule has 0 fully saturated rings. The van der Waals surface area contributed by atoms with E-state index in [-0.39, 0.29) is 5.97 Å². The van der Waals surface area contributed by atoms with Crippen LogP contribution in [0.4, 0.5) is 0 Å². The molecule has 0 N–H and O–H groups in total. The first kappa shape index (κ1) is 13.6. The highest BCUT2D eigenvalue weighted by molar-refractivity contribution is 9.10. The molecule has 96 valence electrons. The van der Waals surface area contributed by atoms with Gasteiger partial charge in [0.05, 0.1) is 0 Å². The molecule has 0 heterocycles. The molecule has 2 nitrogen and oxygen atoms in total. The van der Waals surface area contributed by atoms with Gasteiger partial charge in [0.1, 0.15) is 5.75 Å². The summed E-state index contributed by atoms with van der Waals surface area (Å²) in [6.45, 7) is 1.95. The van der Waals surface area contributed by atoms with Crippen LogP contribution in [-0.2, 0) is 4.79 Å². The molecule has 2 aromatic rings. The number of carbonyl (C=O) groups excluding carboxylic acids is 1. The Hall–Kier alpha value is -1.87. The molecule has 2 aromatic carbocycles. The lowest BCUT2D eigenvalue weighted by Gasteiger charge is -2.03. The van der Waals surface area contributed by atoms with E-state index >= 15 is 0 Å². The van der Waals surface area contributed by atoms with Gasteiger partial charge in [0, 0.05) is 10.5 Å². The Morgan fingerprint density at radius 2 is 1.89 bits per heavy atom. The van der Waals surface area contributed by atoms with Crippen molar-refractivity contribution < 1.29 is 9.53 Å². The number of hydrogen-bond donors (Lipinski definition) is 0. The maximum absolute atomic E-state index is 11.7. The molecule has 0 aliphatic heterocycles. The minimum absolute atomic E-state index is 0.384.